The highest BCUT2D eigenvalue weighted by atomic mass is 16.4. The molecule has 0 bridgehead atoms. The van der Waals surface area contributed by atoms with Crippen LogP contribution in [-0.2, 0) is 20.8 Å². The average Bonchev–Trinajstić information content (AvgIpc) is 3.03. The second-order valence-corrected chi connectivity index (χ2v) is 4.71. The van der Waals surface area contributed by atoms with Crippen molar-refractivity contribution in [2.45, 2.75) is 24.5 Å². The van der Waals surface area contributed by atoms with Gasteiger partial charge in [0, 0.05) is 18.3 Å². The van der Waals surface area contributed by atoms with Crippen LogP contribution in [0, 0.1) is 0 Å². The number of nitrogens with one attached hydrogen (secondary N) is 3. The number of imidazole rings is 1. The van der Waals surface area contributed by atoms with Gasteiger partial charge in [-0.15, -0.1) is 0 Å². The molecular formula is C12H19N5O6. The molecule has 3 atom stereocenters. The van der Waals surface area contributed by atoms with Gasteiger partial charge in [0.25, 0.3) is 0 Å². The molecule has 8 N–H and O–H groups in total. The minimum absolute atomic E-state index is 0.00646. The molecule has 2 amide bonds. The Morgan fingerprint density at radius 2 is 1.83 bits per heavy atom. The number of aliphatic hydroxyl groups excluding tert-OH is 2. The lowest BCUT2D eigenvalue weighted by Crippen LogP contribution is -2.56. The van der Waals surface area contributed by atoms with E-state index in [1.165, 1.54) is 12.5 Å². The Labute approximate surface area is 130 Å². The maximum Gasteiger partial charge on any atom is 0.328 e. The number of carboxylic acids is 1. The third kappa shape index (κ3) is 5.65. The Balaban J connectivity index is 2.82. The molecule has 1 rings (SSSR count). The summed E-state index contributed by atoms with van der Waals surface area (Å²) in [6, 6.07) is -3.88. The van der Waals surface area contributed by atoms with E-state index in [0.29, 0.717) is 5.69 Å². The summed E-state index contributed by atoms with van der Waals surface area (Å²) in [5.74, 6) is -3.01. The minimum atomic E-state index is -1.50. The smallest absolute Gasteiger partial charge is 0.328 e. The molecule has 3 unspecified atom stereocenters. The molecule has 0 saturated heterocycles. The third-order valence-corrected chi connectivity index (χ3v) is 2.94. The monoisotopic (exact) mass is 329 g/mol. The lowest BCUT2D eigenvalue weighted by atomic mass is 10.1. The van der Waals surface area contributed by atoms with Gasteiger partial charge in [0.15, 0.2) is 0 Å². The summed E-state index contributed by atoms with van der Waals surface area (Å²) in [6.45, 7) is -1.42. The van der Waals surface area contributed by atoms with Gasteiger partial charge in [-0.3, -0.25) is 9.59 Å². The van der Waals surface area contributed by atoms with E-state index in [9.17, 15) is 14.4 Å². The van der Waals surface area contributed by atoms with Crippen LogP contribution >= 0.6 is 0 Å². The van der Waals surface area contributed by atoms with Gasteiger partial charge in [-0.05, 0) is 0 Å². The highest BCUT2D eigenvalue weighted by Gasteiger charge is 2.28. The number of H-pyrrole nitrogens is 1. The fourth-order valence-corrected chi connectivity index (χ4v) is 1.64. The highest BCUT2D eigenvalue weighted by molar-refractivity contribution is 5.91. The number of rotatable bonds is 9. The molecule has 0 aliphatic heterocycles. The van der Waals surface area contributed by atoms with Crippen molar-refractivity contribution in [1.82, 2.24) is 20.6 Å². The third-order valence-electron chi connectivity index (χ3n) is 2.94. The number of aromatic amines is 1. The Bertz CT molecular complexity index is 534. The number of carbonyl (C=O) groups is 3. The van der Waals surface area contributed by atoms with Crippen molar-refractivity contribution < 1.29 is 29.7 Å². The van der Waals surface area contributed by atoms with Gasteiger partial charge in [-0.25, -0.2) is 9.78 Å². The SMILES string of the molecule is NC(CO)C(=O)NC(Cc1cnc[nH]1)C(=O)NC(CO)C(=O)O. The number of amides is 2. The molecule has 0 aliphatic carbocycles. The molecule has 128 valence electrons. The molecular weight excluding hydrogens is 310 g/mol. The van der Waals surface area contributed by atoms with Crippen molar-refractivity contribution in [3.63, 3.8) is 0 Å². The number of carboxylic acid groups (broad SMARTS) is 1. The summed E-state index contributed by atoms with van der Waals surface area (Å²) in [7, 11) is 0. The summed E-state index contributed by atoms with van der Waals surface area (Å²) in [6.07, 6.45) is 2.80. The van der Waals surface area contributed by atoms with E-state index >= 15 is 0 Å². The van der Waals surface area contributed by atoms with E-state index in [2.05, 4.69) is 20.6 Å². The zero-order chi connectivity index (χ0) is 17.4. The average molecular weight is 329 g/mol. The van der Waals surface area contributed by atoms with Crippen LogP contribution in [0.25, 0.3) is 0 Å². The fourth-order valence-electron chi connectivity index (χ4n) is 1.64. The number of nitrogens with two attached hydrogens (primary N) is 1. The lowest BCUT2D eigenvalue weighted by Gasteiger charge is -2.21. The molecule has 0 aromatic carbocycles. The number of nitrogens with zero attached hydrogens (tertiary/aromatic N) is 1. The quantitative estimate of drug-likeness (QED) is 0.241. The molecule has 0 spiro atoms. The zero-order valence-electron chi connectivity index (χ0n) is 12.1. The van der Waals surface area contributed by atoms with Crippen LogP contribution in [0.3, 0.4) is 0 Å². The van der Waals surface area contributed by atoms with Crippen LogP contribution in [0.4, 0.5) is 0 Å². The number of aliphatic hydroxyl groups is 2. The van der Waals surface area contributed by atoms with Crippen LogP contribution < -0.4 is 16.4 Å². The molecule has 1 aromatic rings. The topological polar surface area (TPSA) is 191 Å². The van der Waals surface area contributed by atoms with Gasteiger partial charge in [-0.1, -0.05) is 0 Å². The van der Waals surface area contributed by atoms with Gasteiger partial charge in [0.05, 0.1) is 19.5 Å². The zero-order valence-corrected chi connectivity index (χ0v) is 12.1. The number of aromatic nitrogens is 2. The molecule has 0 fully saturated rings. The molecule has 0 radical (unpaired) electrons. The first-order chi connectivity index (χ1) is 10.9. The van der Waals surface area contributed by atoms with E-state index in [1.807, 2.05) is 0 Å². The van der Waals surface area contributed by atoms with Gasteiger partial charge >= 0.3 is 5.97 Å². The van der Waals surface area contributed by atoms with Crippen LogP contribution in [-0.4, -0.2) is 74.4 Å². The van der Waals surface area contributed by atoms with Crippen LogP contribution in [0.15, 0.2) is 12.5 Å². The van der Waals surface area contributed by atoms with Gasteiger partial charge in [-0.2, -0.15) is 0 Å². The molecule has 1 heterocycles. The molecule has 0 aliphatic rings. The first-order valence-electron chi connectivity index (χ1n) is 6.67. The Morgan fingerprint density at radius 1 is 1.17 bits per heavy atom. The molecule has 1 aromatic heterocycles. The van der Waals surface area contributed by atoms with Crippen LogP contribution in [0.2, 0.25) is 0 Å². The maximum atomic E-state index is 12.2. The van der Waals surface area contributed by atoms with Gasteiger partial charge in [0.1, 0.15) is 18.1 Å². The predicted molar refractivity (Wildman–Crippen MR) is 75.9 cm³/mol. The Morgan fingerprint density at radius 3 is 2.30 bits per heavy atom. The van der Waals surface area contributed by atoms with Crippen molar-refractivity contribution in [3.05, 3.63) is 18.2 Å². The van der Waals surface area contributed by atoms with Crippen molar-refractivity contribution in [2.75, 3.05) is 13.2 Å². The maximum absolute atomic E-state index is 12.2. The summed E-state index contributed by atoms with van der Waals surface area (Å²) < 4.78 is 0. The molecule has 11 nitrogen and oxygen atoms in total. The van der Waals surface area contributed by atoms with Crippen molar-refractivity contribution in [1.29, 1.82) is 0 Å². The minimum Gasteiger partial charge on any atom is -0.480 e. The molecule has 23 heavy (non-hydrogen) atoms. The normalized spacial score (nSPS) is 14.6. The van der Waals surface area contributed by atoms with Crippen LogP contribution in [0.1, 0.15) is 5.69 Å². The standard InChI is InChI=1S/C12H19N5O6/c13-7(3-18)10(20)16-8(1-6-2-14-5-15-6)11(21)17-9(4-19)12(22)23/h2,5,7-9,18-19H,1,3-4,13H2,(H,14,15)(H,16,20)(H,17,21)(H,22,23). The highest BCUT2D eigenvalue weighted by Crippen LogP contribution is 2.00. The summed E-state index contributed by atoms with van der Waals surface area (Å²) in [4.78, 5) is 41.3. The van der Waals surface area contributed by atoms with Gasteiger partial charge in [0.2, 0.25) is 11.8 Å². The van der Waals surface area contributed by atoms with E-state index in [4.69, 9.17) is 21.1 Å². The first-order valence-corrected chi connectivity index (χ1v) is 6.67. The predicted octanol–water partition coefficient (Wildman–Crippen LogP) is -3.68. The van der Waals surface area contributed by atoms with E-state index in [1.54, 1.807) is 0 Å². The van der Waals surface area contributed by atoms with Crippen LogP contribution in [0.5, 0.6) is 0 Å². The lowest BCUT2D eigenvalue weighted by molar-refractivity contribution is -0.143. The van der Waals surface area contributed by atoms with Crippen molar-refractivity contribution >= 4 is 17.8 Å². The number of hydrogen-bond donors (Lipinski definition) is 7. The fraction of sp³-hybridized carbons (Fsp3) is 0.500. The van der Waals surface area contributed by atoms with Crippen molar-refractivity contribution in [3.8, 4) is 0 Å². The number of aliphatic carboxylic acids is 1. The van der Waals surface area contributed by atoms with Gasteiger partial charge < -0.3 is 36.7 Å². The largest absolute Gasteiger partial charge is 0.480 e. The first kappa shape index (κ1) is 18.5. The summed E-state index contributed by atoms with van der Waals surface area (Å²) in [5.41, 5.74) is 5.88. The van der Waals surface area contributed by atoms with E-state index < -0.39 is 49.1 Å². The summed E-state index contributed by atoms with van der Waals surface area (Å²) >= 11 is 0. The number of hydrogen-bond acceptors (Lipinski definition) is 7. The summed E-state index contributed by atoms with van der Waals surface area (Å²) in [5, 5.41) is 31.0. The number of carbonyl (C=O) groups excluding carboxylic acids is 2. The second kappa shape index (κ2) is 8.82. The Hall–Kier alpha value is -2.50. The second-order valence-electron chi connectivity index (χ2n) is 4.71. The molecule has 0 saturated carbocycles. The van der Waals surface area contributed by atoms with E-state index in [0.717, 1.165) is 0 Å². The Kier molecular flexibility index (Phi) is 7.12. The van der Waals surface area contributed by atoms with E-state index in [-0.39, 0.29) is 6.42 Å². The molecule has 11 heteroatoms. The van der Waals surface area contributed by atoms with Crippen molar-refractivity contribution in [2.24, 2.45) is 5.73 Å².